The minimum absolute atomic E-state index is 0. The molecule has 0 aliphatic heterocycles. The largest absolute Gasteiger partial charge is 0.0842 e. The molecule has 0 unspecified atom stereocenters. The van der Waals surface area contributed by atoms with Crippen LogP contribution in [0.4, 0.5) is 0 Å². The van der Waals surface area contributed by atoms with Gasteiger partial charge >= 0.3 is 0 Å². The Morgan fingerprint density at radius 1 is 0.647 bits per heavy atom. The van der Waals surface area contributed by atoms with Gasteiger partial charge in [-0.15, -0.1) is 0 Å². The topological polar surface area (TPSA) is 0 Å². The van der Waals surface area contributed by atoms with Gasteiger partial charge in [-0.2, -0.15) is 0 Å². The monoisotopic (exact) mass is 408 g/mol. The standard InChI is InChI=1S/C10H15.C6H8.Ir/c1-6-7(2)9(4)10(5)8(6)3;1-2-4-6-5-3-1;/h1-5H3;1-4H,5-6H2;. The Bertz CT molecular complexity index is 331. The third kappa shape index (κ3) is 4.41. The summed E-state index contributed by atoms with van der Waals surface area (Å²) in [4.78, 5) is 0. The van der Waals surface area contributed by atoms with Gasteiger partial charge in [0.15, 0.2) is 0 Å². The van der Waals surface area contributed by atoms with Crippen LogP contribution in [-0.2, 0) is 20.1 Å². The van der Waals surface area contributed by atoms with E-state index in [1.165, 1.54) is 41.1 Å². The van der Waals surface area contributed by atoms with Crippen molar-refractivity contribution in [2.24, 2.45) is 0 Å². The number of rotatable bonds is 0. The quantitative estimate of drug-likeness (QED) is 0.520. The second-order valence-electron chi connectivity index (χ2n) is 4.56. The Morgan fingerprint density at radius 3 is 1.12 bits per heavy atom. The minimum Gasteiger partial charge on any atom is -0.0842 e. The first-order valence-corrected chi connectivity index (χ1v) is 6.07. The molecule has 0 aromatic carbocycles. The summed E-state index contributed by atoms with van der Waals surface area (Å²) in [7, 11) is 0. The summed E-state index contributed by atoms with van der Waals surface area (Å²) >= 11 is 0. The molecule has 2 aliphatic carbocycles. The molecule has 0 aromatic rings. The molecule has 0 saturated carbocycles. The predicted molar refractivity (Wildman–Crippen MR) is 73.2 cm³/mol. The third-order valence-corrected chi connectivity index (χ3v) is 3.70. The Kier molecular flexibility index (Phi) is 7.66. The van der Waals surface area contributed by atoms with Crippen molar-refractivity contribution >= 4 is 0 Å². The molecule has 0 amide bonds. The second-order valence-corrected chi connectivity index (χ2v) is 4.56. The molecule has 0 nitrogen and oxygen atoms in total. The van der Waals surface area contributed by atoms with Crippen LogP contribution in [0.2, 0.25) is 0 Å². The van der Waals surface area contributed by atoms with Gasteiger partial charge in [-0.05, 0) is 51.7 Å². The molecule has 2 aliphatic rings. The molecule has 0 atom stereocenters. The number of allylic oxidation sites excluding steroid dienone is 8. The molecule has 2 rings (SSSR count). The van der Waals surface area contributed by atoms with Crippen molar-refractivity contribution < 1.29 is 20.1 Å². The van der Waals surface area contributed by atoms with Gasteiger partial charge < -0.3 is 0 Å². The Balaban J connectivity index is 0.000000316. The van der Waals surface area contributed by atoms with E-state index in [0.29, 0.717) is 0 Å². The maximum Gasteiger partial charge on any atom is 0.0226 e. The average Bonchev–Trinajstić information content (AvgIpc) is 2.51. The zero-order valence-electron chi connectivity index (χ0n) is 11.6. The minimum atomic E-state index is 0. The van der Waals surface area contributed by atoms with Gasteiger partial charge in [0.1, 0.15) is 0 Å². The second kappa shape index (κ2) is 7.84. The smallest absolute Gasteiger partial charge is 0.0226 e. The normalized spacial score (nSPS) is 19.1. The molecule has 0 aromatic heterocycles. The third-order valence-electron chi connectivity index (χ3n) is 3.70. The fourth-order valence-electron chi connectivity index (χ4n) is 1.95. The maximum atomic E-state index is 2.20. The predicted octanol–water partition coefficient (Wildman–Crippen LogP) is 5.16. The van der Waals surface area contributed by atoms with Crippen molar-refractivity contribution in [2.75, 3.05) is 0 Å². The van der Waals surface area contributed by atoms with Gasteiger partial charge in [0, 0.05) is 26.0 Å². The molecule has 0 bridgehead atoms. The van der Waals surface area contributed by atoms with Gasteiger partial charge in [-0.3, -0.25) is 0 Å². The van der Waals surface area contributed by atoms with E-state index in [1.807, 2.05) is 0 Å². The van der Waals surface area contributed by atoms with Crippen molar-refractivity contribution in [3.8, 4) is 0 Å². The van der Waals surface area contributed by atoms with Crippen molar-refractivity contribution in [2.45, 2.75) is 47.5 Å². The molecule has 17 heavy (non-hydrogen) atoms. The van der Waals surface area contributed by atoms with Crippen LogP contribution < -0.4 is 0 Å². The van der Waals surface area contributed by atoms with Gasteiger partial charge in [0.2, 0.25) is 0 Å². The first-order valence-electron chi connectivity index (χ1n) is 6.07. The summed E-state index contributed by atoms with van der Waals surface area (Å²) in [6, 6.07) is 0. The molecule has 0 spiro atoms. The fourth-order valence-corrected chi connectivity index (χ4v) is 1.95. The Hall–Kier alpha value is -0.391. The van der Waals surface area contributed by atoms with E-state index in [1.54, 1.807) is 0 Å². The number of hydrogen-bond donors (Lipinski definition) is 0. The Labute approximate surface area is 120 Å². The summed E-state index contributed by atoms with van der Waals surface area (Å²) in [5, 5.41) is 0. The van der Waals surface area contributed by atoms with Crippen LogP contribution in [0.1, 0.15) is 47.5 Å². The van der Waals surface area contributed by atoms with Crippen LogP contribution in [0.15, 0.2) is 46.6 Å². The fraction of sp³-hybridized carbons (Fsp3) is 0.438. The van der Waals surface area contributed by atoms with Crippen LogP contribution in [-0.4, -0.2) is 0 Å². The number of hydrogen-bond acceptors (Lipinski definition) is 0. The van der Waals surface area contributed by atoms with Crippen molar-refractivity contribution in [1.82, 2.24) is 0 Å². The van der Waals surface area contributed by atoms with E-state index in [9.17, 15) is 0 Å². The van der Waals surface area contributed by atoms with Crippen molar-refractivity contribution in [1.29, 1.82) is 0 Å². The van der Waals surface area contributed by atoms with Gasteiger partial charge in [0.05, 0.1) is 0 Å². The Morgan fingerprint density at radius 2 is 1.00 bits per heavy atom. The average molecular weight is 408 g/mol. The summed E-state index contributed by atoms with van der Waals surface area (Å²) in [6.45, 7) is 11.0. The molecule has 0 N–H and O–H groups in total. The van der Waals surface area contributed by atoms with Crippen LogP contribution in [0.5, 0.6) is 0 Å². The molecule has 0 fully saturated rings. The van der Waals surface area contributed by atoms with Crippen LogP contribution in [0, 0.1) is 5.92 Å². The molecule has 0 heterocycles. The SMILES string of the molecule is C1=CCCC=C1.C[C]1C(C)=C(C)C(C)=C1C.[Ir]. The molecular formula is C16H23Ir. The summed E-state index contributed by atoms with van der Waals surface area (Å²) in [6.07, 6.45) is 11.0. The summed E-state index contributed by atoms with van der Waals surface area (Å²) in [5.41, 5.74) is 5.87. The molecule has 96 valence electrons. The van der Waals surface area contributed by atoms with E-state index in [-0.39, 0.29) is 20.1 Å². The molecule has 0 saturated heterocycles. The van der Waals surface area contributed by atoms with Gasteiger partial charge in [0.25, 0.3) is 0 Å². The zero-order chi connectivity index (χ0) is 12.1. The van der Waals surface area contributed by atoms with E-state index in [4.69, 9.17) is 0 Å². The summed E-state index contributed by atoms with van der Waals surface area (Å²) in [5.74, 6) is 1.47. The van der Waals surface area contributed by atoms with E-state index in [0.717, 1.165) is 0 Å². The van der Waals surface area contributed by atoms with E-state index < -0.39 is 0 Å². The summed E-state index contributed by atoms with van der Waals surface area (Å²) < 4.78 is 0. The maximum absolute atomic E-state index is 2.20. The van der Waals surface area contributed by atoms with Crippen LogP contribution in [0.3, 0.4) is 0 Å². The van der Waals surface area contributed by atoms with Crippen molar-refractivity contribution in [3.05, 3.63) is 52.5 Å². The molecule has 2 radical (unpaired) electrons. The van der Waals surface area contributed by atoms with Gasteiger partial charge in [-0.25, -0.2) is 0 Å². The zero-order valence-corrected chi connectivity index (χ0v) is 14.0. The first-order chi connectivity index (χ1) is 7.55. The first kappa shape index (κ1) is 16.6. The van der Waals surface area contributed by atoms with Crippen LogP contribution >= 0.6 is 0 Å². The molecule has 1 heteroatoms. The van der Waals surface area contributed by atoms with E-state index in [2.05, 4.69) is 58.9 Å². The van der Waals surface area contributed by atoms with E-state index >= 15 is 0 Å². The molecular weight excluding hydrogens is 384 g/mol. The van der Waals surface area contributed by atoms with Gasteiger partial charge in [-0.1, -0.05) is 42.4 Å². The van der Waals surface area contributed by atoms with Crippen LogP contribution in [0.25, 0.3) is 0 Å². The van der Waals surface area contributed by atoms with Crippen molar-refractivity contribution in [3.63, 3.8) is 0 Å².